The van der Waals surface area contributed by atoms with Crippen LogP contribution >= 0.6 is 0 Å². The van der Waals surface area contributed by atoms with E-state index in [1.807, 2.05) is 36.4 Å². The standard InChI is InChI=1S/C19H20F3NO/c20-19(21,22)18-17(24-16-10-5-2-6-11-16)12-7-13-23(18)14-15-8-3-1-4-9-15/h1-6,8-11,17-18H,7,12-14H2/t17-,18+/m1/s1. The summed E-state index contributed by atoms with van der Waals surface area (Å²) in [6, 6.07) is 16.4. The Hall–Kier alpha value is -2.01. The molecule has 3 rings (SSSR count). The number of para-hydroxylation sites is 1. The van der Waals surface area contributed by atoms with Crippen molar-refractivity contribution in [2.24, 2.45) is 0 Å². The topological polar surface area (TPSA) is 12.5 Å². The lowest BCUT2D eigenvalue weighted by atomic mass is 9.97. The minimum atomic E-state index is -4.32. The largest absolute Gasteiger partial charge is 0.488 e. The Kier molecular flexibility index (Phi) is 5.09. The van der Waals surface area contributed by atoms with Crippen LogP contribution in [-0.4, -0.2) is 29.8 Å². The summed E-state index contributed by atoms with van der Waals surface area (Å²) in [4.78, 5) is 1.49. The zero-order valence-electron chi connectivity index (χ0n) is 13.2. The molecule has 1 aliphatic heterocycles. The van der Waals surface area contributed by atoms with Gasteiger partial charge in [0, 0.05) is 6.54 Å². The highest BCUT2D eigenvalue weighted by Gasteiger charge is 2.51. The summed E-state index contributed by atoms with van der Waals surface area (Å²) in [5.41, 5.74) is 0.882. The first kappa shape index (κ1) is 16.8. The Labute approximate surface area is 139 Å². The van der Waals surface area contributed by atoms with Crippen LogP contribution in [0.15, 0.2) is 60.7 Å². The third-order valence-corrected chi connectivity index (χ3v) is 4.27. The second kappa shape index (κ2) is 7.26. The Morgan fingerprint density at radius 3 is 2.21 bits per heavy atom. The van der Waals surface area contributed by atoms with Gasteiger partial charge in [-0.05, 0) is 37.1 Å². The number of hydrogen-bond acceptors (Lipinski definition) is 2. The molecule has 0 unspecified atom stereocenters. The highest BCUT2D eigenvalue weighted by Crippen LogP contribution is 2.35. The number of rotatable bonds is 4. The van der Waals surface area contributed by atoms with Crippen molar-refractivity contribution >= 4 is 0 Å². The van der Waals surface area contributed by atoms with Gasteiger partial charge in [0.2, 0.25) is 0 Å². The van der Waals surface area contributed by atoms with Crippen molar-refractivity contribution in [2.45, 2.75) is 37.7 Å². The molecule has 0 N–H and O–H groups in total. The van der Waals surface area contributed by atoms with E-state index in [0.29, 0.717) is 25.1 Å². The minimum Gasteiger partial charge on any atom is -0.488 e. The van der Waals surface area contributed by atoms with Crippen molar-refractivity contribution in [1.82, 2.24) is 4.90 Å². The van der Waals surface area contributed by atoms with Gasteiger partial charge in [0.1, 0.15) is 17.9 Å². The fourth-order valence-corrected chi connectivity index (χ4v) is 3.24. The molecule has 1 fully saturated rings. The molecule has 1 aliphatic rings. The summed E-state index contributed by atoms with van der Waals surface area (Å²) >= 11 is 0. The van der Waals surface area contributed by atoms with Crippen LogP contribution in [0.5, 0.6) is 5.75 Å². The predicted octanol–water partition coefficient (Wildman–Crippen LogP) is 4.66. The normalized spacial score (nSPS) is 22.3. The first-order chi connectivity index (χ1) is 11.5. The molecule has 24 heavy (non-hydrogen) atoms. The third kappa shape index (κ3) is 4.09. The molecule has 128 valence electrons. The molecule has 0 aliphatic carbocycles. The number of hydrogen-bond donors (Lipinski definition) is 0. The highest BCUT2D eigenvalue weighted by molar-refractivity contribution is 5.22. The third-order valence-electron chi connectivity index (χ3n) is 4.27. The van der Waals surface area contributed by atoms with Crippen LogP contribution in [-0.2, 0) is 6.54 Å². The zero-order chi connectivity index (χ0) is 17.0. The van der Waals surface area contributed by atoms with Crippen LogP contribution in [0.2, 0.25) is 0 Å². The molecular formula is C19H20F3NO. The van der Waals surface area contributed by atoms with Gasteiger partial charge >= 0.3 is 6.18 Å². The van der Waals surface area contributed by atoms with E-state index >= 15 is 0 Å². The summed E-state index contributed by atoms with van der Waals surface area (Å²) in [7, 11) is 0. The summed E-state index contributed by atoms with van der Waals surface area (Å²) in [6.07, 6.45) is -4.11. The molecule has 5 heteroatoms. The molecule has 0 bridgehead atoms. The average Bonchev–Trinajstić information content (AvgIpc) is 2.56. The molecule has 2 nitrogen and oxygen atoms in total. The number of halogens is 3. The number of likely N-dealkylation sites (tertiary alicyclic amines) is 1. The monoisotopic (exact) mass is 335 g/mol. The van der Waals surface area contributed by atoms with Crippen molar-refractivity contribution in [1.29, 1.82) is 0 Å². The first-order valence-corrected chi connectivity index (χ1v) is 8.10. The minimum absolute atomic E-state index is 0.277. The van der Waals surface area contributed by atoms with Crippen molar-refractivity contribution in [2.75, 3.05) is 6.54 Å². The maximum Gasteiger partial charge on any atom is 0.407 e. The number of alkyl halides is 3. The fourth-order valence-electron chi connectivity index (χ4n) is 3.24. The maximum absolute atomic E-state index is 13.7. The Bertz CT molecular complexity index is 581. The molecule has 2 aromatic carbocycles. The Balaban J connectivity index is 1.80. The van der Waals surface area contributed by atoms with E-state index in [-0.39, 0.29) is 6.54 Å². The second-order valence-electron chi connectivity index (χ2n) is 6.05. The van der Waals surface area contributed by atoms with Crippen molar-refractivity contribution in [3.63, 3.8) is 0 Å². The molecule has 0 spiro atoms. The molecule has 2 aromatic rings. The summed E-state index contributed by atoms with van der Waals surface area (Å²) < 4.78 is 46.9. The molecule has 0 saturated carbocycles. The van der Waals surface area contributed by atoms with E-state index in [1.165, 1.54) is 4.90 Å². The first-order valence-electron chi connectivity index (χ1n) is 8.10. The van der Waals surface area contributed by atoms with Crippen LogP contribution in [0.25, 0.3) is 0 Å². The molecule has 1 saturated heterocycles. The van der Waals surface area contributed by atoms with Crippen molar-refractivity contribution < 1.29 is 17.9 Å². The van der Waals surface area contributed by atoms with E-state index in [2.05, 4.69) is 0 Å². The van der Waals surface area contributed by atoms with E-state index in [0.717, 1.165) is 5.56 Å². The van der Waals surface area contributed by atoms with E-state index < -0.39 is 18.3 Å². The molecular weight excluding hydrogens is 315 g/mol. The number of nitrogens with zero attached hydrogens (tertiary/aromatic N) is 1. The lowest BCUT2D eigenvalue weighted by Crippen LogP contribution is -2.57. The molecule has 0 amide bonds. The molecule has 1 heterocycles. The highest BCUT2D eigenvalue weighted by atomic mass is 19.4. The van der Waals surface area contributed by atoms with Crippen LogP contribution in [0.4, 0.5) is 13.2 Å². The maximum atomic E-state index is 13.7. The number of benzene rings is 2. The van der Waals surface area contributed by atoms with Crippen LogP contribution in [0, 0.1) is 0 Å². The van der Waals surface area contributed by atoms with E-state index in [9.17, 15) is 13.2 Å². The van der Waals surface area contributed by atoms with Gasteiger partial charge in [-0.15, -0.1) is 0 Å². The van der Waals surface area contributed by atoms with Gasteiger partial charge < -0.3 is 4.74 Å². The summed E-state index contributed by atoms with van der Waals surface area (Å²) in [5.74, 6) is 0.485. The average molecular weight is 335 g/mol. The van der Waals surface area contributed by atoms with E-state index in [4.69, 9.17) is 4.74 Å². The van der Waals surface area contributed by atoms with Crippen LogP contribution in [0.3, 0.4) is 0 Å². The molecule has 0 aromatic heterocycles. The van der Waals surface area contributed by atoms with Gasteiger partial charge in [0.05, 0.1) is 0 Å². The predicted molar refractivity (Wildman–Crippen MR) is 86.8 cm³/mol. The fraction of sp³-hybridized carbons (Fsp3) is 0.368. The van der Waals surface area contributed by atoms with Gasteiger partial charge in [0.15, 0.2) is 0 Å². The second-order valence-corrected chi connectivity index (χ2v) is 6.05. The van der Waals surface area contributed by atoms with Gasteiger partial charge in [-0.1, -0.05) is 48.5 Å². The Morgan fingerprint density at radius 2 is 1.58 bits per heavy atom. The van der Waals surface area contributed by atoms with Gasteiger partial charge in [-0.25, -0.2) is 0 Å². The van der Waals surface area contributed by atoms with Crippen LogP contribution in [0.1, 0.15) is 18.4 Å². The van der Waals surface area contributed by atoms with Crippen molar-refractivity contribution in [3.8, 4) is 5.75 Å². The smallest absolute Gasteiger partial charge is 0.407 e. The van der Waals surface area contributed by atoms with E-state index in [1.54, 1.807) is 24.3 Å². The van der Waals surface area contributed by atoms with Gasteiger partial charge in [-0.3, -0.25) is 4.90 Å². The molecule has 0 radical (unpaired) electrons. The van der Waals surface area contributed by atoms with Gasteiger partial charge in [-0.2, -0.15) is 13.2 Å². The molecule has 2 atom stereocenters. The quantitative estimate of drug-likeness (QED) is 0.806. The zero-order valence-corrected chi connectivity index (χ0v) is 13.2. The van der Waals surface area contributed by atoms with Crippen molar-refractivity contribution in [3.05, 3.63) is 66.2 Å². The van der Waals surface area contributed by atoms with Crippen LogP contribution < -0.4 is 4.74 Å². The SMILES string of the molecule is FC(F)(F)[C@@H]1[C@H](Oc2ccccc2)CCCN1Cc1ccccc1. The summed E-state index contributed by atoms with van der Waals surface area (Å²) in [5, 5.41) is 0. The number of ether oxygens (including phenoxy) is 1. The number of piperidine rings is 1. The Morgan fingerprint density at radius 1 is 0.958 bits per heavy atom. The lowest BCUT2D eigenvalue weighted by Gasteiger charge is -2.41. The van der Waals surface area contributed by atoms with Gasteiger partial charge in [0.25, 0.3) is 0 Å². The lowest BCUT2D eigenvalue weighted by molar-refractivity contribution is -0.214. The summed E-state index contributed by atoms with van der Waals surface area (Å²) in [6.45, 7) is 0.702.